The molecule has 0 amide bonds. The summed E-state index contributed by atoms with van der Waals surface area (Å²) < 4.78 is 6.29. The zero-order valence-electron chi connectivity index (χ0n) is 8.88. The van der Waals surface area contributed by atoms with Gasteiger partial charge in [0, 0.05) is 10.0 Å². The average Bonchev–Trinajstić information content (AvgIpc) is 2.44. The maximum atomic E-state index is 11.9. The number of rotatable bonds is 5. The Balaban J connectivity index is 3.15. The topological polar surface area (TPSA) is 26.3 Å². The number of cyclic esters (lactones) is 1. The molecule has 1 aliphatic rings. The van der Waals surface area contributed by atoms with E-state index in [1.807, 2.05) is 6.92 Å². The van der Waals surface area contributed by atoms with Crippen molar-refractivity contribution >= 4 is 28.6 Å². The van der Waals surface area contributed by atoms with Gasteiger partial charge in [-0.1, -0.05) is 19.1 Å². The van der Waals surface area contributed by atoms with Crippen LogP contribution < -0.4 is 0 Å². The Morgan fingerprint density at radius 2 is 1.93 bits per heavy atom. The van der Waals surface area contributed by atoms with Crippen molar-refractivity contribution in [1.82, 2.24) is 0 Å². The molecule has 0 radical (unpaired) electrons. The summed E-state index contributed by atoms with van der Waals surface area (Å²) in [5, 5.41) is 0. The molecule has 0 aromatic carbocycles. The predicted octanol–water partition coefficient (Wildman–Crippen LogP) is 3.74. The SMILES string of the molecule is C=CCC1(CC=C)C(=O)OC(CC)=C1I. The lowest BCUT2D eigenvalue weighted by Gasteiger charge is -2.22. The maximum absolute atomic E-state index is 11.9. The van der Waals surface area contributed by atoms with Crippen LogP contribution >= 0.6 is 22.6 Å². The lowest BCUT2D eigenvalue weighted by Crippen LogP contribution is -2.27. The highest BCUT2D eigenvalue weighted by molar-refractivity contribution is 14.1. The van der Waals surface area contributed by atoms with E-state index >= 15 is 0 Å². The van der Waals surface area contributed by atoms with Gasteiger partial charge in [0.15, 0.2) is 0 Å². The third-order valence-electron chi connectivity index (χ3n) is 2.58. The molecule has 0 saturated heterocycles. The fourth-order valence-electron chi connectivity index (χ4n) is 1.76. The monoisotopic (exact) mass is 318 g/mol. The fourth-order valence-corrected chi connectivity index (χ4v) is 2.91. The third kappa shape index (κ3) is 2.02. The number of allylic oxidation sites excluding steroid dienone is 3. The molecule has 0 saturated carbocycles. The summed E-state index contributed by atoms with van der Waals surface area (Å²) in [6.45, 7) is 9.39. The van der Waals surface area contributed by atoms with Gasteiger partial charge in [0.2, 0.25) is 0 Å². The highest BCUT2D eigenvalue weighted by Crippen LogP contribution is 2.48. The van der Waals surface area contributed by atoms with Gasteiger partial charge in [0.05, 0.1) is 0 Å². The second kappa shape index (κ2) is 4.96. The van der Waals surface area contributed by atoms with Gasteiger partial charge in [0.1, 0.15) is 11.2 Å². The van der Waals surface area contributed by atoms with Gasteiger partial charge in [0.25, 0.3) is 0 Å². The lowest BCUT2D eigenvalue weighted by atomic mass is 9.81. The van der Waals surface area contributed by atoms with Gasteiger partial charge >= 0.3 is 5.97 Å². The van der Waals surface area contributed by atoms with Crippen molar-refractivity contribution < 1.29 is 9.53 Å². The summed E-state index contributed by atoms with van der Waals surface area (Å²) in [5.74, 6) is 0.632. The second-order valence-electron chi connectivity index (χ2n) is 3.55. The Kier molecular flexibility index (Phi) is 4.13. The molecule has 82 valence electrons. The van der Waals surface area contributed by atoms with Crippen molar-refractivity contribution in [3.63, 3.8) is 0 Å². The number of hydrogen-bond donors (Lipinski definition) is 0. The van der Waals surface area contributed by atoms with Crippen LogP contribution in [0.25, 0.3) is 0 Å². The van der Waals surface area contributed by atoms with Gasteiger partial charge < -0.3 is 4.74 Å². The molecule has 2 nitrogen and oxygen atoms in total. The van der Waals surface area contributed by atoms with E-state index in [4.69, 9.17) is 4.74 Å². The Morgan fingerprint density at radius 3 is 2.27 bits per heavy atom. The Bertz CT molecular complexity index is 319. The summed E-state index contributed by atoms with van der Waals surface area (Å²) in [5.41, 5.74) is -0.546. The Labute approximate surface area is 104 Å². The first-order valence-electron chi connectivity index (χ1n) is 4.95. The molecule has 0 unspecified atom stereocenters. The van der Waals surface area contributed by atoms with Crippen LogP contribution in [0.3, 0.4) is 0 Å². The molecule has 15 heavy (non-hydrogen) atoms. The van der Waals surface area contributed by atoms with Crippen LogP contribution in [0.5, 0.6) is 0 Å². The van der Waals surface area contributed by atoms with Crippen molar-refractivity contribution in [1.29, 1.82) is 0 Å². The first-order valence-corrected chi connectivity index (χ1v) is 6.03. The molecule has 1 heterocycles. The normalized spacial score (nSPS) is 18.9. The standard InChI is InChI=1S/C12H15IO2/c1-4-7-12(8-5-2)10(13)9(6-3)15-11(12)14/h4-5H,1-2,6-8H2,3H3. The van der Waals surface area contributed by atoms with Crippen molar-refractivity contribution in [3.8, 4) is 0 Å². The van der Waals surface area contributed by atoms with Crippen LogP contribution in [-0.4, -0.2) is 5.97 Å². The van der Waals surface area contributed by atoms with E-state index in [9.17, 15) is 4.79 Å². The Morgan fingerprint density at radius 1 is 1.40 bits per heavy atom. The van der Waals surface area contributed by atoms with Crippen LogP contribution in [0.4, 0.5) is 0 Å². The van der Waals surface area contributed by atoms with E-state index < -0.39 is 5.41 Å². The summed E-state index contributed by atoms with van der Waals surface area (Å²) in [4.78, 5) is 11.9. The predicted molar refractivity (Wildman–Crippen MR) is 69.5 cm³/mol. The molecule has 0 aromatic rings. The largest absolute Gasteiger partial charge is 0.430 e. The smallest absolute Gasteiger partial charge is 0.322 e. The number of carbonyl (C=O) groups excluding carboxylic acids is 1. The summed E-state index contributed by atoms with van der Waals surface area (Å²) >= 11 is 2.21. The van der Waals surface area contributed by atoms with E-state index in [0.29, 0.717) is 12.8 Å². The minimum atomic E-state index is -0.546. The van der Waals surface area contributed by atoms with Gasteiger partial charge in [-0.05, 0) is 35.4 Å². The van der Waals surface area contributed by atoms with Gasteiger partial charge in [-0.3, -0.25) is 4.79 Å². The molecule has 0 spiro atoms. The van der Waals surface area contributed by atoms with Crippen molar-refractivity contribution in [2.75, 3.05) is 0 Å². The quantitative estimate of drug-likeness (QED) is 0.438. The molecule has 3 heteroatoms. The molecule has 0 bridgehead atoms. The van der Waals surface area contributed by atoms with Crippen molar-refractivity contribution in [2.45, 2.75) is 26.2 Å². The molecule has 1 rings (SSSR count). The molecule has 0 atom stereocenters. The fraction of sp³-hybridized carbons (Fsp3) is 0.417. The van der Waals surface area contributed by atoms with E-state index in [1.54, 1.807) is 12.2 Å². The first-order chi connectivity index (χ1) is 7.12. The van der Waals surface area contributed by atoms with E-state index in [1.165, 1.54) is 0 Å². The van der Waals surface area contributed by atoms with Gasteiger partial charge in [-0.15, -0.1) is 13.2 Å². The first kappa shape index (κ1) is 12.5. The van der Waals surface area contributed by atoms with E-state index in [2.05, 4.69) is 35.7 Å². The van der Waals surface area contributed by atoms with Crippen LogP contribution in [0.2, 0.25) is 0 Å². The van der Waals surface area contributed by atoms with E-state index in [-0.39, 0.29) is 5.97 Å². The van der Waals surface area contributed by atoms with Gasteiger partial charge in [-0.2, -0.15) is 0 Å². The molecule has 0 aliphatic carbocycles. The number of esters is 1. The van der Waals surface area contributed by atoms with Crippen molar-refractivity contribution in [3.05, 3.63) is 34.6 Å². The zero-order chi connectivity index (χ0) is 11.5. The van der Waals surface area contributed by atoms with Crippen LogP contribution in [0, 0.1) is 5.41 Å². The molecular formula is C12H15IO2. The molecular weight excluding hydrogens is 303 g/mol. The molecule has 0 N–H and O–H groups in total. The lowest BCUT2D eigenvalue weighted by molar-refractivity contribution is -0.145. The van der Waals surface area contributed by atoms with Crippen LogP contribution in [-0.2, 0) is 9.53 Å². The summed E-state index contributed by atoms with van der Waals surface area (Å²) in [6, 6.07) is 0. The third-order valence-corrected chi connectivity index (χ3v) is 4.21. The number of ether oxygens (including phenoxy) is 1. The average molecular weight is 318 g/mol. The van der Waals surface area contributed by atoms with Crippen LogP contribution in [0.1, 0.15) is 26.2 Å². The summed E-state index contributed by atoms with van der Waals surface area (Å²) in [7, 11) is 0. The van der Waals surface area contributed by atoms with Crippen molar-refractivity contribution in [2.24, 2.45) is 5.41 Å². The minimum absolute atomic E-state index is 0.163. The highest BCUT2D eigenvalue weighted by Gasteiger charge is 2.47. The number of hydrogen-bond acceptors (Lipinski definition) is 2. The number of carbonyl (C=O) groups is 1. The van der Waals surface area contributed by atoms with Gasteiger partial charge in [-0.25, -0.2) is 0 Å². The second-order valence-corrected chi connectivity index (χ2v) is 4.63. The molecule has 0 fully saturated rings. The summed E-state index contributed by atoms with van der Waals surface area (Å²) in [6.07, 6.45) is 5.50. The molecule has 1 aliphatic heterocycles. The van der Waals surface area contributed by atoms with E-state index in [0.717, 1.165) is 15.8 Å². The Hall–Kier alpha value is -0.580. The zero-order valence-corrected chi connectivity index (χ0v) is 11.0. The molecule has 0 aromatic heterocycles. The maximum Gasteiger partial charge on any atom is 0.322 e. The highest BCUT2D eigenvalue weighted by atomic mass is 127. The minimum Gasteiger partial charge on any atom is -0.430 e. The van der Waals surface area contributed by atoms with Crippen LogP contribution in [0.15, 0.2) is 34.6 Å². The number of halogens is 1.